The lowest BCUT2D eigenvalue weighted by Gasteiger charge is -2.33. The SMILES string of the molecule is OCC(Cc1ccccc1F)N1CCCCC1. The molecule has 1 atom stereocenters. The van der Waals surface area contributed by atoms with E-state index in [0.717, 1.165) is 13.1 Å². The summed E-state index contributed by atoms with van der Waals surface area (Å²) >= 11 is 0. The highest BCUT2D eigenvalue weighted by Gasteiger charge is 2.21. The van der Waals surface area contributed by atoms with Gasteiger partial charge >= 0.3 is 0 Å². The van der Waals surface area contributed by atoms with Gasteiger partial charge in [0.15, 0.2) is 0 Å². The van der Waals surface area contributed by atoms with E-state index in [1.54, 1.807) is 6.07 Å². The van der Waals surface area contributed by atoms with E-state index in [0.29, 0.717) is 12.0 Å². The molecule has 0 spiro atoms. The summed E-state index contributed by atoms with van der Waals surface area (Å²) in [7, 11) is 0. The van der Waals surface area contributed by atoms with Crippen molar-refractivity contribution in [2.24, 2.45) is 0 Å². The zero-order valence-electron chi connectivity index (χ0n) is 10.1. The Hall–Kier alpha value is -0.930. The molecule has 0 aliphatic carbocycles. The molecule has 17 heavy (non-hydrogen) atoms. The van der Waals surface area contributed by atoms with Crippen molar-refractivity contribution < 1.29 is 9.50 Å². The van der Waals surface area contributed by atoms with E-state index < -0.39 is 0 Å². The molecule has 1 saturated heterocycles. The topological polar surface area (TPSA) is 23.5 Å². The zero-order chi connectivity index (χ0) is 12.1. The van der Waals surface area contributed by atoms with Crippen LogP contribution in [0.3, 0.4) is 0 Å². The number of rotatable bonds is 4. The quantitative estimate of drug-likeness (QED) is 0.868. The lowest BCUT2D eigenvalue weighted by Crippen LogP contribution is -2.42. The fraction of sp³-hybridized carbons (Fsp3) is 0.571. The van der Waals surface area contributed by atoms with Crippen molar-refractivity contribution >= 4 is 0 Å². The van der Waals surface area contributed by atoms with Gasteiger partial charge in [-0.05, 0) is 44.0 Å². The summed E-state index contributed by atoms with van der Waals surface area (Å²) < 4.78 is 13.6. The van der Waals surface area contributed by atoms with Crippen molar-refractivity contribution in [1.82, 2.24) is 4.90 Å². The van der Waals surface area contributed by atoms with Crippen molar-refractivity contribution in [3.8, 4) is 0 Å². The van der Waals surface area contributed by atoms with E-state index in [2.05, 4.69) is 4.90 Å². The molecule has 1 aromatic carbocycles. The summed E-state index contributed by atoms with van der Waals surface area (Å²) in [5.74, 6) is -0.164. The number of aliphatic hydroxyl groups is 1. The number of nitrogens with zero attached hydrogens (tertiary/aromatic N) is 1. The Morgan fingerprint density at radius 2 is 1.88 bits per heavy atom. The molecule has 1 unspecified atom stereocenters. The van der Waals surface area contributed by atoms with Crippen molar-refractivity contribution in [3.63, 3.8) is 0 Å². The average Bonchev–Trinajstić information content (AvgIpc) is 2.39. The maximum absolute atomic E-state index is 13.6. The minimum absolute atomic E-state index is 0.0622. The minimum Gasteiger partial charge on any atom is -0.395 e. The number of benzene rings is 1. The molecule has 3 heteroatoms. The normalized spacial score (nSPS) is 19.2. The first-order valence-electron chi connectivity index (χ1n) is 6.39. The van der Waals surface area contributed by atoms with Crippen molar-refractivity contribution in [2.75, 3.05) is 19.7 Å². The van der Waals surface area contributed by atoms with E-state index in [-0.39, 0.29) is 18.5 Å². The first-order chi connectivity index (χ1) is 8.31. The number of halogens is 1. The minimum atomic E-state index is -0.164. The summed E-state index contributed by atoms with van der Waals surface area (Å²) in [5, 5.41) is 9.47. The fourth-order valence-corrected chi connectivity index (χ4v) is 2.51. The van der Waals surface area contributed by atoms with Crippen LogP contribution in [0.2, 0.25) is 0 Å². The zero-order valence-corrected chi connectivity index (χ0v) is 10.1. The van der Waals surface area contributed by atoms with Gasteiger partial charge in [0.1, 0.15) is 5.82 Å². The van der Waals surface area contributed by atoms with E-state index >= 15 is 0 Å². The van der Waals surface area contributed by atoms with Gasteiger partial charge in [0.25, 0.3) is 0 Å². The lowest BCUT2D eigenvalue weighted by molar-refractivity contribution is 0.103. The summed E-state index contributed by atoms with van der Waals surface area (Å²) in [6, 6.07) is 6.91. The largest absolute Gasteiger partial charge is 0.395 e. The van der Waals surface area contributed by atoms with E-state index in [9.17, 15) is 9.50 Å². The fourth-order valence-electron chi connectivity index (χ4n) is 2.51. The molecule has 0 bridgehead atoms. The smallest absolute Gasteiger partial charge is 0.126 e. The van der Waals surface area contributed by atoms with Crippen LogP contribution in [-0.2, 0) is 6.42 Å². The van der Waals surface area contributed by atoms with Crippen LogP contribution in [-0.4, -0.2) is 35.7 Å². The van der Waals surface area contributed by atoms with Crippen molar-refractivity contribution in [1.29, 1.82) is 0 Å². The standard InChI is InChI=1S/C14H20FNO/c15-14-7-3-2-6-12(14)10-13(11-17)16-8-4-1-5-9-16/h2-3,6-7,13,17H,1,4-5,8-11H2. The lowest BCUT2D eigenvalue weighted by atomic mass is 10.0. The molecule has 1 aliphatic heterocycles. The van der Waals surface area contributed by atoms with Crippen LogP contribution in [0.4, 0.5) is 4.39 Å². The molecule has 1 aromatic rings. The Balaban J connectivity index is 2.01. The van der Waals surface area contributed by atoms with Gasteiger partial charge in [-0.15, -0.1) is 0 Å². The molecule has 0 aromatic heterocycles. The molecular weight excluding hydrogens is 217 g/mol. The molecular formula is C14H20FNO. The Kier molecular flexibility index (Phi) is 4.51. The first kappa shape index (κ1) is 12.5. The highest BCUT2D eigenvalue weighted by Crippen LogP contribution is 2.17. The second-order valence-corrected chi connectivity index (χ2v) is 4.73. The van der Waals surface area contributed by atoms with Crippen LogP contribution in [0.25, 0.3) is 0 Å². The molecule has 1 heterocycles. The van der Waals surface area contributed by atoms with E-state index in [1.807, 2.05) is 12.1 Å². The van der Waals surface area contributed by atoms with E-state index in [4.69, 9.17) is 0 Å². The molecule has 2 rings (SSSR count). The van der Waals surface area contributed by atoms with Crippen LogP contribution in [0.5, 0.6) is 0 Å². The molecule has 0 saturated carbocycles. The molecule has 94 valence electrons. The van der Waals surface area contributed by atoms with Gasteiger partial charge in [0, 0.05) is 6.04 Å². The molecule has 2 nitrogen and oxygen atoms in total. The van der Waals surface area contributed by atoms with E-state index in [1.165, 1.54) is 25.3 Å². The number of aliphatic hydroxyl groups excluding tert-OH is 1. The van der Waals surface area contributed by atoms with Crippen molar-refractivity contribution in [2.45, 2.75) is 31.7 Å². The first-order valence-corrected chi connectivity index (χ1v) is 6.39. The van der Waals surface area contributed by atoms with Gasteiger partial charge in [-0.3, -0.25) is 4.90 Å². The monoisotopic (exact) mass is 237 g/mol. The maximum atomic E-state index is 13.6. The Morgan fingerprint density at radius 3 is 2.53 bits per heavy atom. The molecule has 0 radical (unpaired) electrons. The third-order valence-corrected chi connectivity index (χ3v) is 3.53. The molecule has 0 amide bonds. The highest BCUT2D eigenvalue weighted by molar-refractivity contribution is 5.18. The van der Waals surface area contributed by atoms with Gasteiger partial charge in [0.05, 0.1) is 6.61 Å². The molecule has 1 N–H and O–H groups in total. The number of piperidine rings is 1. The van der Waals surface area contributed by atoms with Gasteiger partial charge in [-0.2, -0.15) is 0 Å². The van der Waals surface area contributed by atoms with Crippen LogP contribution in [0, 0.1) is 5.82 Å². The molecule has 1 fully saturated rings. The van der Waals surface area contributed by atoms with Gasteiger partial charge in [0.2, 0.25) is 0 Å². The third-order valence-electron chi connectivity index (χ3n) is 3.53. The highest BCUT2D eigenvalue weighted by atomic mass is 19.1. The van der Waals surface area contributed by atoms with Crippen LogP contribution in [0.15, 0.2) is 24.3 Å². The number of hydrogen-bond donors (Lipinski definition) is 1. The van der Waals surface area contributed by atoms with Gasteiger partial charge in [-0.1, -0.05) is 24.6 Å². The number of likely N-dealkylation sites (tertiary alicyclic amines) is 1. The van der Waals surface area contributed by atoms with Crippen LogP contribution >= 0.6 is 0 Å². The summed E-state index contributed by atoms with van der Waals surface area (Å²) in [4.78, 5) is 2.29. The number of hydrogen-bond acceptors (Lipinski definition) is 2. The summed E-state index contributed by atoms with van der Waals surface area (Å²) in [6.07, 6.45) is 4.25. The second-order valence-electron chi connectivity index (χ2n) is 4.73. The predicted octanol–water partition coefficient (Wildman–Crippen LogP) is 2.21. The van der Waals surface area contributed by atoms with Crippen molar-refractivity contribution in [3.05, 3.63) is 35.6 Å². The Morgan fingerprint density at radius 1 is 1.18 bits per heavy atom. The van der Waals surface area contributed by atoms with Crippen LogP contribution in [0.1, 0.15) is 24.8 Å². The average molecular weight is 237 g/mol. The second kappa shape index (κ2) is 6.12. The Labute approximate surface area is 102 Å². The third kappa shape index (κ3) is 3.27. The van der Waals surface area contributed by atoms with Gasteiger partial charge in [-0.25, -0.2) is 4.39 Å². The summed E-state index contributed by atoms with van der Waals surface area (Å²) in [6.45, 7) is 2.16. The predicted molar refractivity (Wildman–Crippen MR) is 66.4 cm³/mol. The summed E-state index contributed by atoms with van der Waals surface area (Å²) in [5.41, 5.74) is 0.706. The Bertz CT molecular complexity index is 350. The van der Waals surface area contributed by atoms with Gasteiger partial charge < -0.3 is 5.11 Å². The molecule has 1 aliphatic rings. The van der Waals surface area contributed by atoms with Crippen LogP contribution < -0.4 is 0 Å². The maximum Gasteiger partial charge on any atom is 0.126 e.